The van der Waals surface area contributed by atoms with E-state index in [1.165, 1.54) is 0 Å². The fraction of sp³-hybridized carbons (Fsp3) is 0.278. The Morgan fingerprint density at radius 2 is 1.88 bits per heavy atom. The molecule has 0 bridgehead atoms. The topological polar surface area (TPSA) is 66.5 Å². The van der Waals surface area contributed by atoms with Crippen molar-refractivity contribution in [1.82, 2.24) is 0 Å². The lowest BCUT2D eigenvalue weighted by molar-refractivity contribution is -0.117. The SMILES string of the molecule is Cc1ccc(S(=O)(=O)Nc2cccc(N3CCCC3=O)c2)c(C)c1. The van der Waals surface area contributed by atoms with Gasteiger partial charge in [0.1, 0.15) is 0 Å². The molecule has 0 aromatic heterocycles. The van der Waals surface area contributed by atoms with Crippen molar-refractivity contribution in [2.75, 3.05) is 16.2 Å². The number of nitrogens with zero attached hydrogens (tertiary/aromatic N) is 1. The predicted octanol–water partition coefficient (Wildman–Crippen LogP) is 3.23. The number of carbonyl (C=O) groups excluding carboxylic acids is 1. The minimum absolute atomic E-state index is 0.0735. The third-order valence-electron chi connectivity index (χ3n) is 4.10. The summed E-state index contributed by atoms with van der Waals surface area (Å²) in [6.07, 6.45) is 1.37. The number of benzene rings is 2. The van der Waals surface area contributed by atoms with Gasteiger partial charge in [-0.1, -0.05) is 23.8 Å². The highest BCUT2D eigenvalue weighted by atomic mass is 32.2. The first-order valence-corrected chi connectivity index (χ1v) is 9.36. The average molecular weight is 344 g/mol. The van der Waals surface area contributed by atoms with Gasteiger partial charge >= 0.3 is 0 Å². The highest BCUT2D eigenvalue weighted by Gasteiger charge is 2.22. The number of amides is 1. The second-order valence-corrected chi connectivity index (χ2v) is 7.72. The minimum Gasteiger partial charge on any atom is -0.312 e. The molecule has 1 heterocycles. The van der Waals surface area contributed by atoms with E-state index in [0.29, 0.717) is 24.2 Å². The first kappa shape index (κ1) is 16.5. The molecule has 0 unspecified atom stereocenters. The van der Waals surface area contributed by atoms with Crippen LogP contribution >= 0.6 is 0 Å². The van der Waals surface area contributed by atoms with Crippen molar-refractivity contribution >= 4 is 27.3 Å². The molecule has 126 valence electrons. The Bertz CT molecular complexity index is 891. The Labute approximate surface area is 142 Å². The number of nitrogens with one attached hydrogen (secondary N) is 1. The Kier molecular flexibility index (Phi) is 4.32. The van der Waals surface area contributed by atoms with Crippen LogP contribution in [0.2, 0.25) is 0 Å². The zero-order chi connectivity index (χ0) is 17.3. The van der Waals surface area contributed by atoms with Gasteiger partial charge in [-0.3, -0.25) is 9.52 Å². The number of rotatable bonds is 4. The maximum absolute atomic E-state index is 12.6. The normalized spacial score (nSPS) is 14.9. The molecule has 3 rings (SSSR count). The first-order valence-electron chi connectivity index (χ1n) is 7.87. The molecule has 24 heavy (non-hydrogen) atoms. The van der Waals surface area contributed by atoms with Crippen LogP contribution in [0.4, 0.5) is 11.4 Å². The number of sulfonamides is 1. The van der Waals surface area contributed by atoms with Gasteiger partial charge in [-0.25, -0.2) is 8.42 Å². The van der Waals surface area contributed by atoms with Crippen molar-refractivity contribution in [2.24, 2.45) is 0 Å². The summed E-state index contributed by atoms with van der Waals surface area (Å²) < 4.78 is 27.9. The second-order valence-electron chi connectivity index (χ2n) is 6.07. The van der Waals surface area contributed by atoms with Crippen LogP contribution in [0.15, 0.2) is 47.4 Å². The number of aryl methyl sites for hydroxylation is 2. The third-order valence-corrected chi connectivity index (χ3v) is 5.64. The van der Waals surface area contributed by atoms with E-state index in [-0.39, 0.29) is 10.8 Å². The van der Waals surface area contributed by atoms with Gasteiger partial charge in [-0.2, -0.15) is 0 Å². The van der Waals surface area contributed by atoms with Crippen molar-refractivity contribution in [3.05, 3.63) is 53.6 Å². The lowest BCUT2D eigenvalue weighted by Gasteiger charge is -2.17. The highest BCUT2D eigenvalue weighted by Crippen LogP contribution is 2.26. The van der Waals surface area contributed by atoms with E-state index in [1.54, 1.807) is 42.2 Å². The van der Waals surface area contributed by atoms with Crippen molar-refractivity contribution in [1.29, 1.82) is 0 Å². The van der Waals surface area contributed by atoms with Gasteiger partial charge in [0.2, 0.25) is 5.91 Å². The van der Waals surface area contributed by atoms with E-state index in [4.69, 9.17) is 0 Å². The molecule has 0 atom stereocenters. The molecule has 2 aromatic carbocycles. The predicted molar refractivity (Wildman–Crippen MR) is 94.8 cm³/mol. The van der Waals surface area contributed by atoms with Gasteiger partial charge in [0.15, 0.2) is 0 Å². The fourth-order valence-electron chi connectivity index (χ4n) is 2.97. The fourth-order valence-corrected chi connectivity index (χ4v) is 4.25. The van der Waals surface area contributed by atoms with Crippen LogP contribution in [-0.2, 0) is 14.8 Å². The van der Waals surface area contributed by atoms with Crippen LogP contribution in [0.3, 0.4) is 0 Å². The van der Waals surface area contributed by atoms with E-state index in [2.05, 4.69) is 4.72 Å². The summed E-state index contributed by atoms with van der Waals surface area (Å²) in [6, 6.07) is 12.2. The summed E-state index contributed by atoms with van der Waals surface area (Å²) in [5.74, 6) is 0.0735. The lowest BCUT2D eigenvalue weighted by Crippen LogP contribution is -2.23. The maximum Gasteiger partial charge on any atom is 0.262 e. The molecule has 1 saturated heterocycles. The van der Waals surface area contributed by atoms with E-state index in [0.717, 1.165) is 17.7 Å². The van der Waals surface area contributed by atoms with E-state index >= 15 is 0 Å². The van der Waals surface area contributed by atoms with E-state index in [1.807, 2.05) is 19.1 Å². The monoisotopic (exact) mass is 344 g/mol. The van der Waals surface area contributed by atoms with Crippen LogP contribution in [-0.4, -0.2) is 20.9 Å². The van der Waals surface area contributed by atoms with Gasteiger partial charge in [-0.05, 0) is 50.1 Å². The summed E-state index contributed by atoms with van der Waals surface area (Å²) in [6.45, 7) is 4.38. The zero-order valence-electron chi connectivity index (χ0n) is 13.7. The molecule has 0 radical (unpaired) electrons. The minimum atomic E-state index is -3.67. The van der Waals surface area contributed by atoms with Crippen molar-refractivity contribution in [3.63, 3.8) is 0 Å². The summed E-state index contributed by atoms with van der Waals surface area (Å²) in [5, 5.41) is 0. The Morgan fingerprint density at radius 1 is 1.08 bits per heavy atom. The van der Waals surface area contributed by atoms with Crippen molar-refractivity contribution in [3.8, 4) is 0 Å². The standard InChI is InChI=1S/C18H20N2O3S/c1-13-8-9-17(14(2)11-13)24(22,23)19-15-5-3-6-16(12-15)20-10-4-7-18(20)21/h3,5-6,8-9,11-12,19H,4,7,10H2,1-2H3. The van der Waals surface area contributed by atoms with Crippen LogP contribution in [0, 0.1) is 13.8 Å². The summed E-state index contributed by atoms with van der Waals surface area (Å²) in [7, 11) is -3.67. The van der Waals surface area contributed by atoms with Crippen molar-refractivity contribution in [2.45, 2.75) is 31.6 Å². The smallest absolute Gasteiger partial charge is 0.262 e. The summed E-state index contributed by atoms with van der Waals surface area (Å²) in [4.78, 5) is 13.8. The largest absolute Gasteiger partial charge is 0.312 e. The quantitative estimate of drug-likeness (QED) is 0.926. The van der Waals surface area contributed by atoms with Gasteiger partial charge in [0, 0.05) is 18.7 Å². The molecule has 2 aromatic rings. The highest BCUT2D eigenvalue weighted by molar-refractivity contribution is 7.92. The maximum atomic E-state index is 12.6. The van der Waals surface area contributed by atoms with Crippen LogP contribution in [0.1, 0.15) is 24.0 Å². The molecule has 1 aliphatic heterocycles. The van der Waals surface area contributed by atoms with Gasteiger partial charge in [0.25, 0.3) is 10.0 Å². The number of anilines is 2. The summed E-state index contributed by atoms with van der Waals surface area (Å²) in [5.41, 5.74) is 2.89. The third kappa shape index (κ3) is 3.28. The molecule has 0 spiro atoms. The molecule has 5 nitrogen and oxygen atoms in total. The van der Waals surface area contributed by atoms with E-state index in [9.17, 15) is 13.2 Å². The molecular weight excluding hydrogens is 324 g/mol. The summed E-state index contributed by atoms with van der Waals surface area (Å²) >= 11 is 0. The number of hydrogen-bond donors (Lipinski definition) is 1. The lowest BCUT2D eigenvalue weighted by atomic mass is 10.2. The molecule has 1 N–H and O–H groups in total. The Morgan fingerprint density at radius 3 is 2.54 bits per heavy atom. The Balaban J connectivity index is 1.89. The van der Waals surface area contributed by atoms with Gasteiger partial charge in [0.05, 0.1) is 10.6 Å². The van der Waals surface area contributed by atoms with E-state index < -0.39 is 10.0 Å². The molecule has 0 saturated carbocycles. The molecule has 1 aliphatic rings. The van der Waals surface area contributed by atoms with Gasteiger partial charge < -0.3 is 4.90 Å². The van der Waals surface area contributed by atoms with Crippen molar-refractivity contribution < 1.29 is 13.2 Å². The van der Waals surface area contributed by atoms with Crippen LogP contribution in [0.25, 0.3) is 0 Å². The Hall–Kier alpha value is -2.34. The average Bonchev–Trinajstić information content (AvgIpc) is 2.92. The molecule has 1 amide bonds. The zero-order valence-corrected chi connectivity index (χ0v) is 14.6. The first-order chi connectivity index (χ1) is 11.4. The van der Waals surface area contributed by atoms with Crippen LogP contribution < -0.4 is 9.62 Å². The molecule has 6 heteroatoms. The van der Waals surface area contributed by atoms with Gasteiger partial charge in [-0.15, -0.1) is 0 Å². The number of hydrogen-bond acceptors (Lipinski definition) is 3. The molecular formula is C18H20N2O3S. The number of carbonyl (C=O) groups is 1. The molecule has 1 fully saturated rings. The molecule has 0 aliphatic carbocycles. The van der Waals surface area contributed by atoms with Crippen LogP contribution in [0.5, 0.6) is 0 Å². The second kappa shape index (κ2) is 6.28.